The zero-order valence-corrected chi connectivity index (χ0v) is 12.0. The second kappa shape index (κ2) is 5.39. The van der Waals surface area contributed by atoms with Crippen molar-refractivity contribution in [1.82, 2.24) is 14.9 Å². The number of carbonyl (C=O) groups excluding carboxylic acids is 1. The summed E-state index contributed by atoms with van der Waals surface area (Å²) in [6, 6.07) is 1.68. The van der Waals surface area contributed by atoms with Crippen molar-refractivity contribution in [2.24, 2.45) is 0 Å². The molecule has 0 spiro atoms. The maximum Gasteiger partial charge on any atom is 0.331 e. The second-order valence-electron chi connectivity index (χ2n) is 5.19. The highest BCUT2D eigenvalue weighted by Gasteiger charge is 2.30. The van der Waals surface area contributed by atoms with E-state index in [0.29, 0.717) is 17.1 Å². The lowest BCUT2D eigenvalue weighted by Crippen LogP contribution is -2.35. The molecule has 2 rings (SSSR count). The van der Waals surface area contributed by atoms with Crippen LogP contribution < -0.4 is 5.32 Å². The molecule has 2 heterocycles. The SMILES string of the molecule is Cc1cc(CC(=O)Nc2cnn(C(C)(C)C(=O)O)c2)no1. The molecule has 0 aliphatic rings. The molecule has 0 radical (unpaired) electrons. The Labute approximate surface area is 120 Å². The normalized spacial score (nSPS) is 11.4. The number of aliphatic carboxylic acids is 1. The minimum Gasteiger partial charge on any atom is -0.479 e. The van der Waals surface area contributed by atoms with Gasteiger partial charge in [-0.1, -0.05) is 5.16 Å². The Morgan fingerprint density at radius 3 is 2.76 bits per heavy atom. The third-order valence-corrected chi connectivity index (χ3v) is 2.98. The molecule has 0 aliphatic carbocycles. The fraction of sp³-hybridized carbons (Fsp3) is 0.385. The number of hydrogen-bond acceptors (Lipinski definition) is 5. The molecule has 8 nitrogen and oxygen atoms in total. The van der Waals surface area contributed by atoms with Crippen LogP contribution in [0.5, 0.6) is 0 Å². The summed E-state index contributed by atoms with van der Waals surface area (Å²) in [6.45, 7) is 4.78. The van der Waals surface area contributed by atoms with Crippen molar-refractivity contribution in [3.63, 3.8) is 0 Å². The number of carboxylic acid groups (broad SMARTS) is 1. The van der Waals surface area contributed by atoms with Crippen LogP contribution in [0.25, 0.3) is 0 Å². The first kappa shape index (κ1) is 14.8. The molecule has 0 aromatic carbocycles. The van der Waals surface area contributed by atoms with Gasteiger partial charge in [0.2, 0.25) is 5.91 Å². The van der Waals surface area contributed by atoms with Crippen LogP contribution in [0, 0.1) is 6.92 Å². The summed E-state index contributed by atoms with van der Waals surface area (Å²) < 4.78 is 6.16. The van der Waals surface area contributed by atoms with E-state index in [1.165, 1.54) is 30.9 Å². The van der Waals surface area contributed by atoms with Gasteiger partial charge in [0.15, 0.2) is 5.54 Å². The lowest BCUT2D eigenvalue weighted by Gasteiger charge is -2.19. The molecule has 0 bridgehead atoms. The zero-order valence-electron chi connectivity index (χ0n) is 12.0. The van der Waals surface area contributed by atoms with Crippen molar-refractivity contribution in [2.75, 3.05) is 5.32 Å². The number of amides is 1. The number of nitrogens with one attached hydrogen (secondary N) is 1. The van der Waals surface area contributed by atoms with E-state index in [2.05, 4.69) is 15.6 Å². The summed E-state index contributed by atoms with van der Waals surface area (Å²) in [4.78, 5) is 23.0. The average molecular weight is 292 g/mol. The Hall–Kier alpha value is -2.64. The Kier molecular flexibility index (Phi) is 3.79. The Bertz CT molecular complexity index is 671. The van der Waals surface area contributed by atoms with Gasteiger partial charge in [-0.25, -0.2) is 4.79 Å². The number of carboxylic acids is 1. The van der Waals surface area contributed by atoms with Gasteiger partial charge in [0.1, 0.15) is 5.76 Å². The number of anilines is 1. The molecule has 0 fully saturated rings. The van der Waals surface area contributed by atoms with E-state index in [1.807, 2.05) is 0 Å². The van der Waals surface area contributed by atoms with Gasteiger partial charge in [-0.05, 0) is 20.8 Å². The van der Waals surface area contributed by atoms with Crippen LogP contribution in [-0.2, 0) is 21.5 Å². The summed E-state index contributed by atoms with van der Waals surface area (Å²) in [5.41, 5.74) is -0.232. The molecule has 0 aliphatic heterocycles. The topological polar surface area (TPSA) is 110 Å². The predicted octanol–water partition coefficient (Wildman–Crippen LogP) is 1.18. The third kappa shape index (κ3) is 3.28. The summed E-state index contributed by atoms with van der Waals surface area (Å²) in [7, 11) is 0. The van der Waals surface area contributed by atoms with Crippen LogP contribution in [0.4, 0.5) is 5.69 Å². The molecule has 0 atom stereocenters. The van der Waals surface area contributed by atoms with E-state index >= 15 is 0 Å². The highest BCUT2D eigenvalue weighted by Crippen LogP contribution is 2.17. The molecule has 112 valence electrons. The number of carbonyl (C=O) groups is 2. The molecular weight excluding hydrogens is 276 g/mol. The molecule has 0 unspecified atom stereocenters. The molecule has 0 saturated heterocycles. The van der Waals surface area contributed by atoms with Gasteiger partial charge >= 0.3 is 5.97 Å². The summed E-state index contributed by atoms with van der Waals surface area (Å²) in [5, 5.41) is 19.4. The smallest absolute Gasteiger partial charge is 0.331 e. The van der Waals surface area contributed by atoms with Gasteiger partial charge < -0.3 is 14.9 Å². The summed E-state index contributed by atoms with van der Waals surface area (Å²) in [6.07, 6.45) is 2.95. The number of nitrogens with zero attached hydrogens (tertiary/aromatic N) is 3. The van der Waals surface area contributed by atoms with Crippen LogP contribution in [-0.4, -0.2) is 31.9 Å². The van der Waals surface area contributed by atoms with Crippen molar-refractivity contribution in [2.45, 2.75) is 32.7 Å². The standard InChI is InChI=1S/C13H16N4O4/c1-8-4-9(16-21-8)5-11(18)15-10-6-14-17(7-10)13(2,3)12(19)20/h4,6-7H,5H2,1-3H3,(H,15,18)(H,19,20). The average Bonchev–Trinajstić information content (AvgIpc) is 2.99. The molecule has 8 heteroatoms. The van der Waals surface area contributed by atoms with Gasteiger partial charge in [0, 0.05) is 12.3 Å². The molecular formula is C13H16N4O4. The minimum absolute atomic E-state index is 0.0742. The van der Waals surface area contributed by atoms with Crippen molar-refractivity contribution in [3.8, 4) is 0 Å². The first-order chi connectivity index (χ1) is 9.79. The predicted molar refractivity (Wildman–Crippen MR) is 72.8 cm³/mol. The maximum atomic E-state index is 11.8. The lowest BCUT2D eigenvalue weighted by molar-refractivity contribution is -0.146. The zero-order chi connectivity index (χ0) is 15.6. The van der Waals surface area contributed by atoms with Crippen molar-refractivity contribution in [3.05, 3.63) is 29.9 Å². The minimum atomic E-state index is -1.19. The first-order valence-electron chi connectivity index (χ1n) is 6.29. The molecule has 2 N–H and O–H groups in total. The number of aryl methyl sites for hydroxylation is 1. The van der Waals surface area contributed by atoms with Crippen molar-refractivity contribution >= 4 is 17.6 Å². The highest BCUT2D eigenvalue weighted by atomic mass is 16.5. The fourth-order valence-corrected chi connectivity index (χ4v) is 1.66. The maximum absolute atomic E-state index is 11.8. The summed E-state index contributed by atoms with van der Waals surface area (Å²) in [5.74, 6) is -0.661. The number of aromatic nitrogens is 3. The molecule has 21 heavy (non-hydrogen) atoms. The van der Waals surface area contributed by atoms with E-state index in [0.717, 1.165) is 0 Å². The number of hydrogen-bond donors (Lipinski definition) is 2. The first-order valence-corrected chi connectivity index (χ1v) is 6.29. The lowest BCUT2D eigenvalue weighted by atomic mass is 10.1. The largest absolute Gasteiger partial charge is 0.479 e. The van der Waals surface area contributed by atoms with E-state index in [1.54, 1.807) is 13.0 Å². The van der Waals surface area contributed by atoms with Crippen LogP contribution in [0.2, 0.25) is 0 Å². The van der Waals surface area contributed by atoms with Gasteiger partial charge in [-0.2, -0.15) is 5.10 Å². The Morgan fingerprint density at radius 2 is 2.19 bits per heavy atom. The van der Waals surface area contributed by atoms with E-state index < -0.39 is 11.5 Å². The summed E-state index contributed by atoms with van der Waals surface area (Å²) >= 11 is 0. The van der Waals surface area contributed by atoms with Crippen LogP contribution >= 0.6 is 0 Å². The second-order valence-corrected chi connectivity index (χ2v) is 5.19. The fourth-order valence-electron chi connectivity index (χ4n) is 1.66. The van der Waals surface area contributed by atoms with E-state index in [9.17, 15) is 9.59 Å². The van der Waals surface area contributed by atoms with Crippen LogP contribution in [0.1, 0.15) is 25.3 Å². The Balaban J connectivity index is 2.02. The van der Waals surface area contributed by atoms with Crippen LogP contribution in [0.15, 0.2) is 23.0 Å². The van der Waals surface area contributed by atoms with Gasteiger partial charge in [0.05, 0.1) is 24.0 Å². The Morgan fingerprint density at radius 1 is 1.48 bits per heavy atom. The highest BCUT2D eigenvalue weighted by molar-refractivity contribution is 5.91. The number of rotatable bonds is 5. The van der Waals surface area contributed by atoms with E-state index in [-0.39, 0.29) is 12.3 Å². The van der Waals surface area contributed by atoms with E-state index in [4.69, 9.17) is 9.63 Å². The van der Waals surface area contributed by atoms with Gasteiger partial charge in [0.25, 0.3) is 0 Å². The van der Waals surface area contributed by atoms with Crippen LogP contribution in [0.3, 0.4) is 0 Å². The van der Waals surface area contributed by atoms with Gasteiger partial charge in [-0.3, -0.25) is 9.48 Å². The van der Waals surface area contributed by atoms with Crippen molar-refractivity contribution < 1.29 is 19.2 Å². The van der Waals surface area contributed by atoms with Gasteiger partial charge in [-0.15, -0.1) is 0 Å². The monoisotopic (exact) mass is 292 g/mol. The molecule has 1 amide bonds. The molecule has 0 saturated carbocycles. The quantitative estimate of drug-likeness (QED) is 0.856. The molecule has 2 aromatic rings. The molecule has 2 aromatic heterocycles. The van der Waals surface area contributed by atoms with Crippen molar-refractivity contribution in [1.29, 1.82) is 0 Å². The third-order valence-electron chi connectivity index (χ3n) is 2.98.